The van der Waals surface area contributed by atoms with Crippen molar-refractivity contribution >= 4 is 49.3 Å². The molecular formula is C50H30N4. The van der Waals surface area contributed by atoms with Crippen molar-refractivity contribution in [2.75, 3.05) is 0 Å². The highest BCUT2D eigenvalue weighted by Gasteiger charge is 2.20. The number of nitriles is 1. The first-order valence-corrected chi connectivity index (χ1v) is 17.9. The molecular weight excluding hydrogens is 657 g/mol. The van der Waals surface area contributed by atoms with Crippen molar-refractivity contribution in [1.82, 2.24) is 9.13 Å². The maximum Gasteiger partial charge on any atom is 0.211 e. The molecule has 4 heteroatoms. The zero-order chi connectivity index (χ0) is 36.2. The summed E-state index contributed by atoms with van der Waals surface area (Å²) in [6.45, 7) is 7.90. The lowest BCUT2D eigenvalue weighted by atomic mass is 9.98. The van der Waals surface area contributed by atoms with Gasteiger partial charge in [0, 0.05) is 27.2 Å². The van der Waals surface area contributed by atoms with E-state index in [1.807, 2.05) is 12.1 Å². The molecule has 10 aromatic rings. The van der Waals surface area contributed by atoms with E-state index >= 15 is 0 Å². The van der Waals surface area contributed by atoms with E-state index in [-0.39, 0.29) is 0 Å². The van der Waals surface area contributed by atoms with Gasteiger partial charge in [0.15, 0.2) is 0 Å². The average molecular weight is 687 g/mol. The molecule has 0 radical (unpaired) electrons. The summed E-state index contributed by atoms with van der Waals surface area (Å²) in [5, 5.41) is 14.6. The van der Waals surface area contributed by atoms with E-state index in [0.29, 0.717) is 16.9 Å². The molecule has 0 spiro atoms. The molecule has 8 aromatic carbocycles. The molecule has 0 amide bonds. The van der Waals surface area contributed by atoms with Gasteiger partial charge in [-0.1, -0.05) is 121 Å². The molecule has 2 heterocycles. The van der Waals surface area contributed by atoms with Crippen LogP contribution in [-0.4, -0.2) is 9.13 Å². The fraction of sp³-hybridized carbons (Fsp3) is 0. The Balaban J connectivity index is 1.17. The standard InChI is InChI=1S/C50H30N4/c1-52-45-20-12-17-37(32-51)50(45)54-47-22-11-9-19-42(47)44-31-36(24-26-49(44)54)35-23-25-48-43(30-35)41-18-8-10-21-46(41)53(48)40-28-38(33-13-4-2-5-14-33)27-39(29-40)34-15-6-3-7-16-34/h2-31H. The second kappa shape index (κ2) is 12.5. The molecule has 0 aliphatic rings. The molecule has 10 rings (SSSR count). The topological polar surface area (TPSA) is 38.0 Å². The van der Waals surface area contributed by atoms with E-state index in [9.17, 15) is 5.26 Å². The third-order valence-corrected chi connectivity index (χ3v) is 10.5. The van der Waals surface area contributed by atoms with Crippen LogP contribution in [0.15, 0.2) is 182 Å². The molecule has 0 atom stereocenters. The van der Waals surface area contributed by atoms with Crippen molar-refractivity contribution < 1.29 is 0 Å². The fourth-order valence-corrected chi connectivity index (χ4v) is 8.11. The van der Waals surface area contributed by atoms with Gasteiger partial charge in [0.1, 0.15) is 0 Å². The van der Waals surface area contributed by atoms with Gasteiger partial charge in [-0.15, -0.1) is 0 Å². The van der Waals surface area contributed by atoms with Crippen molar-refractivity contribution in [1.29, 1.82) is 5.26 Å². The van der Waals surface area contributed by atoms with E-state index in [1.54, 1.807) is 18.2 Å². The first-order chi connectivity index (χ1) is 26.7. The number of benzene rings is 8. The Labute approximate surface area is 312 Å². The van der Waals surface area contributed by atoms with Gasteiger partial charge >= 0.3 is 0 Å². The van der Waals surface area contributed by atoms with Crippen molar-refractivity contribution in [3.05, 3.63) is 199 Å². The molecule has 0 saturated carbocycles. The third-order valence-electron chi connectivity index (χ3n) is 10.5. The highest BCUT2D eigenvalue weighted by molar-refractivity contribution is 6.13. The Morgan fingerprint density at radius 1 is 0.407 bits per heavy atom. The lowest BCUT2D eigenvalue weighted by molar-refractivity contribution is 1.17. The summed E-state index contributed by atoms with van der Waals surface area (Å²) in [6.07, 6.45) is 0. The van der Waals surface area contributed by atoms with E-state index in [0.717, 1.165) is 49.7 Å². The average Bonchev–Trinajstić information content (AvgIpc) is 3.75. The van der Waals surface area contributed by atoms with Crippen molar-refractivity contribution in [2.45, 2.75) is 0 Å². The molecule has 0 fully saturated rings. The van der Waals surface area contributed by atoms with Gasteiger partial charge in [-0.25, -0.2) is 4.85 Å². The molecule has 54 heavy (non-hydrogen) atoms. The molecule has 4 nitrogen and oxygen atoms in total. The van der Waals surface area contributed by atoms with Crippen LogP contribution in [0.5, 0.6) is 0 Å². The Morgan fingerprint density at radius 2 is 0.907 bits per heavy atom. The second-order valence-electron chi connectivity index (χ2n) is 13.6. The first-order valence-electron chi connectivity index (χ1n) is 17.9. The predicted octanol–water partition coefficient (Wildman–Crippen LogP) is 13.3. The number of rotatable bonds is 5. The minimum absolute atomic E-state index is 0.452. The number of nitrogens with zero attached hydrogens (tertiary/aromatic N) is 4. The quantitative estimate of drug-likeness (QED) is 0.166. The van der Waals surface area contributed by atoms with Crippen LogP contribution in [0.3, 0.4) is 0 Å². The van der Waals surface area contributed by atoms with Gasteiger partial charge in [0.25, 0.3) is 0 Å². The monoisotopic (exact) mass is 686 g/mol. The van der Waals surface area contributed by atoms with Crippen LogP contribution in [0.1, 0.15) is 5.56 Å². The third kappa shape index (κ3) is 4.90. The van der Waals surface area contributed by atoms with Gasteiger partial charge < -0.3 is 9.13 Å². The number of fused-ring (bicyclic) bond motifs is 6. The molecule has 0 bridgehead atoms. The number of hydrogen-bond acceptors (Lipinski definition) is 1. The minimum atomic E-state index is 0.452. The first kappa shape index (κ1) is 31.1. The van der Waals surface area contributed by atoms with Crippen LogP contribution < -0.4 is 0 Å². The molecule has 0 aliphatic heterocycles. The lowest BCUT2D eigenvalue weighted by Crippen LogP contribution is -1.97. The van der Waals surface area contributed by atoms with Gasteiger partial charge in [0.05, 0.1) is 46.0 Å². The van der Waals surface area contributed by atoms with E-state index in [2.05, 4.69) is 172 Å². The molecule has 0 unspecified atom stereocenters. The number of aromatic nitrogens is 2. The Morgan fingerprint density at radius 3 is 1.46 bits per heavy atom. The predicted molar refractivity (Wildman–Crippen MR) is 222 cm³/mol. The summed E-state index contributed by atoms with van der Waals surface area (Å²) in [4.78, 5) is 3.81. The zero-order valence-electron chi connectivity index (χ0n) is 29.1. The maximum absolute atomic E-state index is 10.1. The summed E-state index contributed by atoms with van der Waals surface area (Å²) in [7, 11) is 0. The van der Waals surface area contributed by atoms with E-state index in [4.69, 9.17) is 6.57 Å². The van der Waals surface area contributed by atoms with Crippen molar-refractivity contribution in [2.24, 2.45) is 0 Å². The number of para-hydroxylation sites is 3. The van der Waals surface area contributed by atoms with Crippen LogP contribution in [0.25, 0.3) is 93.2 Å². The minimum Gasteiger partial charge on any atom is -0.318 e. The van der Waals surface area contributed by atoms with Gasteiger partial charge in [-0.05, 0) is 94.0 Å². The summed E-state index contributed by atoms with van der Waals surface area (Å²) in [6, 6.07) is 66.0. The molecule has 0 aliphatic carbocycles. The largest absolute Gasteiger partial charge is 0.318 e. The fourth-order valence-electron chi connectivity index (χ4n) is 8.11. The smallest absolute Gasteiger partial charge is 0.211 e. The molecule has 2 aromatic heterocycles. The summed E-state index contributed by atoms with van der Waals surface area (Å²) in [5.41, 5.74) is 13.8. The van der Waals surface area contributed by atoms with E-state index in [1.165, 1.54) is 33.0 Å². The summed E-state index contributed by atoms with van der Waals surface area (Å²) in [5.74, 6) is 0. The second-order valence-corrected chi connectivity index (χ2v) is 13.6. The Bertz CT molecular complexity index is 3080. The van der Waals surface area contributed by atoms with E-state index < -0.39 is 0 Å². The van der Waals surface area contributed by atoms with Gasteiger partial charge in [-0.3, -0.25) is 0 Å². The molecule has 0 saturated heterocycles. The van der Waals surface area contributed by atoms with Crippen LogP contribution in [0.2, 0.25) is 0 Å². The molecule has 0 N–H and O–H groups in total. The van der Waals surface area contributed by atoms with Crippen molar-refractivity contribution in [3.8, 4) is 50.8 Å². The summed E-state index contributed by atoms with van der Waals surface area (Å²) >= 11 is 0. The van der Waals surface area contributed by atoms with Crippen molar-refractivity contribution in [3.63, 3.8) is 0 Å². The lowest BCUT2D eigenvalue weighted by Gasteiger charge is -2.14. The van der Waals surface area contributed by atoms with Crippen LogP contribution in [0, 0.1) is 17.9 Å². The van der Waals surface area contributed by atoms with Crippen LogP contribution in [0.4, 0.5) is 5.69 Å². The van der Waals surface area contributed by atoms with Crippen LogP contribution in [-0.2, 0) is 0 Å². The Hall–Kier alpha value is -7.66. The van der Waals surface area contributed by atoms with Crippen LogP contribution >= 0.6 is 0 Å². The zero-order valence-corrected chi connectivity index (χ0v) is 29.1. The van der Waals surface area contributed by atoms with Gasteiger partial charge in [-0.2, -0.15) is 5.26 Å². The maximum atomic E-state index is 10.1. The highest BCUT2D eigenvalue weighted by atomic mass is 15.0. The van der Waals surface area contributed by atoms with Gasteiger partial charge in [0.2, 0.25) is 5.69 Å². The number of hydrogen-bond donors (Lipinski definition) is 0. The normalized spacial score (nSPS) is 11.3. The summed E-state index contributed by atoms with van der Waals surface area (Å²) < 4.78 is 4.47. The highest BCUT2D eigenvalue weighted by Crippen LogP contribution is 2.41. The molecule has 250 valence electrons. The SMILES string of the molecule is [C-]#[N+]c1cccc(C#N)c1-n1c2ccccc2c2cc(-c3ccc4c(c3)c3ccccc3n4-c3cc(-c4ccccc4)cc(-c4ccccc4)c3)ccc21. The Kier molecular flexibility index (Phi) is 7.22.